The predicted molar refractivity (Wildman–Crippen MR) is 70.3 cm³/mol. The number of carbonyl (C=O) groups is 3. The van der Waals surface area contributed by atoms with Crippen LogP contribution in [0.2, 0.25) is 0 Å². The Labute approximate surface area is 123 Å². The number of nitrogens with one attached hydrogen (secondary N) is 1. The molecule has 0 saturated heterocycles. The molecule has 0 aliphatic carbocycles. The van der Waals surface area contributed by atoms with Gasteiger partial charge in [-0.25, -0.2) is 4.79 Å². The molecular weight excluding hydrogens is 300 g/mol. The number of hydrogen-bond acceptors (Lipinski definition) is 5. The number of hydroxylamine groups is 1. The maximum absolute atomic E-state index is 12.3. The van der Waals surface area contributed by atoms with Gasteiger partial charge >= 0.3 is 5.97 Å². The largest absolute Gasteiger partial charge is 0.480 e. The second kappa shape index (κ2) is 4.87. The number of nitrogens with zero attached hydrogens (tertiary/aromatic N) is 1. The highest BCUT2D eigenvalue weighted by Crippen LogP contribution is 2.28. The van der Waals surface area contributed by atoms with E-state index < -0.39 is 29.9 Å². The minimum atomic E-state index is -1.50. The molecule has 0 spiro atoms. The summed E-state index contributed by atoms with van der Waals surface area (Å²) < 4.78 is 0. The zero-order valence-electron chi connectivity index (χ0n) is 10.4. The summed E-state index contributed by atoms with van der Waals surface area (Å²) in [4.78, 5) is 41.8. The van der Waals surface area contributed by atoms with Crippen molar-refractivity contribution in [2.24, 2.45) is 0 Å². The average Bonchev–Trinajstić information content (AvgIpc) is 2.97. The van der Waals surface area contributed by atoms with Crippen LogP contribution in [0.4, 0.5) is 0 Å². The lowest BCUT2D eigenvalue weighted by atomic mass is 10.1. The van der Waals surface area contributed by atoms with Crippen LogP contribution in [0.15, 0.2) is 35.5 Å². The van der Waals surface area contributed by atoms with E-state index >= 15 is 0 Å². The van der Waals surface area contributed by atoms with Crippen LogP contribution in [0.1, 0.15) is 20.7 Å². The molecule has 0 fully saturated rings. The van der Waals surface area contributed by atoms with Crippen LogP contribution < -0.4 is 5.48 Å². The van der Waals surface area contributed by atoms with E-state index in [-0.39, 0.29) is 16.3 Å². The van der Waals surface area contributed by atoms with Crippen molar-refractivity contribution in [2.75, 3.05) is 0 Å². The smallest absolute Gasteiger partial charge is 0.330 e. The topological polar surface area (TPSA) is 95.9 Å². The van der Waals surface area contributed by atoms with Gasteiger partial charge in [-0.2, -0.15) is 0 Å². The van der Waals surface area contributed by atoms with Gasteiger partial charge < -0.3 is 5.11 Å². The Balaban J connectivity index is 2.01. The lowest BCUT2D eigenvalue weighted by Crippen LogP contribution is -2.51. The first-order chi connectivity index (χ1) is 10.0. The maximum atomic E-state index is 12.3. The normalized spacial score (nSPS) is 21.9. The van der Waals surface area contributed by atoms with Crippen molar-refractivity contribution in [3.05, 3.63) is 46.6 Å². The molecule has 1 aromatic carbocycles. The van der Waals surface area contributed by atoms with Crippen LogP contribution in [-0.4, -0.2) is 39.9 Å². The van der Waals surface area contributed by atoms with E-state index in [1.54, 1.807) is 12.1 Å². The SMILES string of the molecule is O=C(O)C(C1C=C(Cl)NO1)N1C(=O)c2ccccc2C1=O. The number of benzene rings is 1. The number of aliphatic carboxylic acids is 1. The van der Waals surface area contributed by atoms with Gasteiger partial charge in [-0.15, -0.1) is 0 Å². The number of hydrogen-bond donors (Lipinski definition) is 2. The lowest BCUT2D eigenvalue weighted by molar-refractivity contribution is -0.146. The molecule has 2 aliphatic rings. The third-order valence-electron chi connectivity index (χ3n) is 3.27. The van der Waals surface area contributed by atoms with Crippen LogP contribution in [-0.2, 0) is 9.63 Å². The Morgan fingerprint density at radius 3 is 2.29 bits per heavy atom. The van der Waals surface area contributed by atoms with E-state index in [0.717, 1.165) is 0 Å². The van der Waals surface area contributed by atoms with Gasteiger partial charge in [0.1, 0.15) is 11.3 Å². The zero-order valence-corrected chi connectivity index (χ0v) is 11.2. The highest BCUT2D eigenvalue weighted by molar-refractivity contribution is 6.29. The van der Waals surface area contributed by atoms with Gasteiger partial charge in [0.25, 0.3) is 11.8 Å². The number of carboxylic acids is 1. The Kier molecular flexibility index (Phi) is 3.15. The molecule has 0 radical (unpaired) electrons. The second-order valence-corrected chi connectivity index (χ2v) is 4.92. The lowest BCUT2D eigenvalue weighted by Gasteiger charge is -2.25. The Morgan fingerprint density at radius 1 is 1.29 bits per heavy atom. The van der Waals surface area contributed by atoms with Crippen molar-refractivity contribution >= 4 is 29.4 Å². The third-order valence-corrected chi connectivity index (χ3v) is 3.47. The standard InChI is InChI=1S/C13H9ClN2O5/c14-9-5-8(21-15-9)10(13(19)20)16-11(17)6-3-1-2-4-7(6)12(16)18/h1-5,8,10,15H,(H,19,20). The van der Waals surface area contributed by atoms with Crippen molar-refractivity contribution in [3.63, 3.8) is 0 Å². The summed E-state index contributed by atoms with van der Waals surface area (Å²) in [6, 6.07) is 4.67. The fourth-order valence-corrected chi connectivity index (χ4v) is 2.52. The van der Waals surface area contributed by atoms with Gasteiger partial charge in [-0.05, 0) is 18.2 Å². The van der Waals surface area contributed by atoms with Gasteiger partial charge in [0.05, 0.1) is 11.1 Å². The molecule has 21 heavy (non-hydrogen) atoms. The Morgan fingerprint density at radius 2 is 1.86 bits per heavy atom. The number of imide groups is 1. The van der Waals surface area contributed by atoms with Crippen LogP contribution in [0.3, 0.4) is 0 Å². The van der Waals surface area contributed by atoms with E-state index in [0.29, 0.717) is 4.90 Å². The fraction of sp³-hybridized carbons (Fsp3) is 0.154. The van der Waals surface area contributed by atoms with Crippen molar-refractivity contribution in [1.82, 2.24) is 10.4 Å². The van der Waals surface area contributed by atoms with Crippen molar-refractivity contribution in [3.8, 4) is 0 Å². The van der Waals surface area contributed by atoms with Crippen molar-refractivity contribution < 1.29 is 24.3 Å². The molecule has 2 N–H and O–H groups in total. The van der Waals surface area contributed by atoms with E-state index in [1.807, 2.05) is 0 Å². The summed E-state index contributed by atoms with van der Waals surface area (Å²) in [6.45, 7) is 0. The first-order valence-corrected chi connectivity index (χ1v) is 6.37. The summed E-state index contributed by atoms with van der Waals surface area (Å²) in [7, 11) is 0. The molecular formula is C13H9ClN2O5. The highest BCUT2D eigenvalue weighted by atomic mass is 35.5. The van der Waals surface area contributed by atoms with Crippen LogP contribution in [0.25, 0.3) is 0 Å². The molecule has 7 nitrogen and oxygen atoms in total. The minimum absolute atomic E-state index is 0.0999. The number of carbonyl (C=O) groups excluding carboxylic acids is 2. The molecule has 2 unspecified atom stereocenters. The summed E-state index contributed by atoms with van der Waals surface area (Å²) in [5.74, 6) is -2.69. The molecule has 3 rings (SSSR count). The number of amides is 2. The van der Waals surface area contributed by atoms with Gasteiger partial charge in [0.2, 0.25) is 0 Å². The predicted octanol–water partition coefficient (Wildman–Crippen LogP) is 0.719. The van der Waals surface area contributed by atoms with Gasteiger partial charge in [-0.1, -0.05) is 23.7 Å². The highest BCUT2D eigenvalue weighted by Gasteiger charge is 2.47. The Hall–Kier alpha value is -2.38. The summed E-state index contributed by atoms with van der Waals surface area (Å²) in [5.41, 5.74) is 2.64. The van der Waals surface area contributed by atoms with Gasteiger partial charge in [-0.3, -0.25) is 24.8 Å². The quantitative estimate of drug-likeness (QED) is 0.631. The summed E-state index contributed by atoms with van der Waals surface area (Å²) >= 11 is 5.67. The first-order valence-electron chi connectivity index (χ1n) is 5.99. The number of rotatable bonds is 3. The van der Waals surface area contributed by atoms with Crippen LogP contribution in [0.5, 0.6) is 0 Å². The zero-order chi connectivity index (χ0) is 15.1. The minimum Gasteiger partial charge on any atom is -0.480 e. The van der Waals surface area contributed by atoms with E-state index in [4.69, 9.17) is 16.4 Å². The molecule has 0 bridgehead atoms. The number of fused-ring (bicyclic) bond motifs is 1. The molecule has 2 atom stereocenters. The second-order valence-electron chi connectivity index (χ2n) is 4.51. The van der Waals surface area contributed by atoms with Gasteiger partial charge in [0.15, 0.2) is 6.04 Å². The van der Waals surface area contributed by atoms with Crippen LogP contribution >= 0.6 is 11.6 Å². The van der Waals surface area contributed by atoms with Crippen molar-refractivity contribution in [1.29, 1.82) is 0 Å². The molecule has 2 amide bonds. The molecule has 2 heterocycles. The molecule has 108 valence electrons. The number of halogens is 1. The summed E-state index contributed by atoms with van der Waals surface area (Å²) in [5, 5.41) is 9.47. The average molecular weight is 309 g/mol. The monoisotopic (exact) mass is 308 g/mol. The number of carboxylic acid groups (broad SMARTS) is 1. The van der Waals surface area contributed by atoms with Gasteiger partial charge in [0, 0.05) is 0 Å². The molecule has 8 heteroatoms. The third kappa shape index (κ3) is 2.07. The molecule has 1 aromatic rings. The van der Waals surface area contributed by atoms with E-state index in [1.165, 1.54) is 18.2 Å². The van der Waals surface area contributed by atoms with Crippen LogP contribution in [0, 0.1) is 0 Å². The maximum Gasteiger partial charge on any atom is 0.330 e. The first kappa shape index (κ1) is 13.6. The Bertz CT molecular complexity index is 652. The van der Waals surface area contributed by atoms with E-state index in [9.17, 15) is 19.5 Å². The molecule has 0 saturated carbocycles. The van der Waals surface area contributed by atoms with Crippen molar-refractivity contribution in [2.45, 2.75) is 12.1 Å². The fourth-order valence-electron chi connectivity index (χ4n) is 2.35. The molecule has 2 aliphatic heterocycles. The summed E-state index contributed by atoms with van der Waals surface area (Å²) in [6.07, 6.45) is 0.237. The van der Waals surface area contributed by atoms with E-state index in [2.05, 4.69) is 5.48 Å². The molecule has 0 aromatic heterocycles.